The molecule has 0 radical (unpaired) electrons. The van der Waals surface area contributed by atoms with E-state index in [4.69, 9.17) is 5.73 Å². The summed E-state index contributed by atoms with van der Waals surface area (Å²) in [6, 6.07) is 2.10. The smallest absolute Gasteiger partial charge is 0.383 e. The number of hydrogen-bond acceptors (Lipinski definition) is 2. The van der Waals surface area contributed by atoms with Gasteiger partial charge in [0.25, 0.3) is 0 Å². The van der Waals surface area contributed by atoms with Gasteiger partial charge in [-0.25, -0.2) is 8.78 Å². The Hall–Kier alpha value is -2.12. The fraction of sp³-hybridized carbons (Fsp3) is 0.182. The number of nitrogen functional groups attached to an aromatic ring is 1. The maximum absolute atomic E-state index is 13.1. The summed E-state index contributed by atoms with van der Waals surface area (Å²) >= 11 is 0. The van der Waals surface area contributed by atoms with Gasteiger partial charge in [-0.1, -0.05) is 0 Å². The van der Waals surface area contributed by atoms with E-state index in [-0.39, 0.29) is 11.4 Å². The average Bonchev–Trinajstić information content (AvgIpc) is 2.53. The van der Waals surface area contributed by atoms with E-state index in [2.05, 4.69) is 5.10 Å². The lowest BCUT2D eigenvalue weighted by molar-refractivity contribution is -0.140. The third kappa shape index (κ3) is 2.38. The minimum Gasteiger partial charge on any atom is -0.383 e. The van der Waals surface area contributed by atoms with Crippen LogP contribution in [0.1, 0.15) is 5.69 Å². The molecule has 0 unspecified atom stereocenters. The minimum atomic E-state index is -4.77. The quantitative estimate of drug-likeness (QED) is 0.814. The predicted octanol–water partition coefficient (Wildman–Crippen LogP) is 2.97. The molecular weight excluding hydrogens is 269 g/mol. The molecule has 1 heterocycles. The van der Waals surface area contributed by atoms with E-state index < -0.39 is 29.1 Å². The van der Waals surface area contributed by atoms with Crippen LogP contribution in [0.3, 0.4) is 0 Å². The number of nitrogens with zero attached hydrogens (tertiary/aromatic N) is 2. The molecular formula is C11H8F5N3. The topological polar surface area (TPSA) is 43.8 Å². The summed E-state index contributed by atoms with van der Waals surface area (Å²) in [5.74, 6) is -2.31. The summed E-state index contributed by atoms with van der Waals surface area (Å²) in [7, 11) is 1.21. The highest BCUT2D eigenvalue weighted by molar-refractivity contribution is 5.77. The summed E-state index contributed by atoms with van der Waals surface area (Å²) < 4.78 is 65.4. The van der Waals surface area contributed by atoms with Crippen LogP contribution < -0.4 is 5.73 Å². The zero-order valence-corrected chi connectivity index (χ0v) is 9.59. The first-order valence-electron chi connectivity index (χ1n) is 5.06. The van der Waals surface area contributed by atoms with Crippen LogP contribution in [0.2, 0.25) is 0 Å². The Kier molecular flexibility index (Phi) is 2.95. The fourth-order valence-electron chi connectivity index (χ4n) is 1.72. The van der Waals surface area contributed by atoms with Crippen LogP contribution in [0.15, 0.2) is 18.2 Å². The van der Waals surface area contributed by atoms with Gasteiger partial charge in [-0.05, 0) is 17.7 Å². The summed E-state index contributed by atoms with van der Waals surface area (Å²) in [5.41, 5.74) is 3.36. The van der Waals surface area contributed by atoms with Gasteiger partial charge >= 0.3 is 6.18 Å². The van der Waals surface area contributed by atoms with Crippen molar-refractivity contribution >= 4 is 5.82 Å². The Morgan fingerprint density at radius 3 is 2.11 bits per heavy atom. The van der Waals surface area contributed by atoms with Gasteiger partial charge in [0, 0.05) is 13.1 Å². The molecule has 0 saturated carbocycles. The Labute approximate surface area is 104 Å². The normalized spacial score (nSPS) is 11.9. The number of anilines is 1. The van der Waals surface area contributed by atoms with Gasteiger partial charge in [0.1, 0.15) is 17.5 Å². The summed E-state index contributed by atoms with van der Waals surface area (Å²) in [6.07, 6.45) is -4.77. The zero-order valence-electron chi connectivity index (χ0n) is 9.59. The number of halogens is 5. The molecule has 0 aliphatic heterocycles. The first-order chi connectivity index (χ1) is 8.70. The highest BCUT2D eigenvalue weighted by Gasteiger charge is 2.39. The van der Waals surface area contributed by atoms with Crippen LogP contribution in [0, 0.1) is 11.6 Å². The van der Waals surface area contributed by atoms with Gasteiger partial charge in [-0.15, -0.1) is 0 Å². The van der Waals surface area contributed by atoms with E-state index in [0.717, 1.165) is 16.8 Å². The van der Waals surface area contributed by atoms with E-state index in [9.17, 15) is 22.0 Å². The molecule has 19 heavy (non-hydrogen) atoms. The molecule has 2 aromatic rings. The second-order valence-corrected chi connectivity index (χ2v) is 3.89. The van der Waals surface area contributed by atoms with Crippen LogP contribution in [0.5, 0.6) is 0 Å². The van der Waals surface area contributed by atoms with Crippen molar-refractivity contribution in [3.05, 3.63) is 35.5 Å². The maximum atomic E-state index is 13.1. The van der Waals surface area contributed by atoms with Crippen LogP contribution >= 0.6 is 0 Å². The average molecular weight is 277 g/mol. The third-order valence-electron chi connectivity index (χ3n) is 2.51. The molecule has 0 fully saturated rings. The standard InChI is InChI=1S/C11H8F5N3/c1-19-10(17)8(9(18-19)11(14,15)16)5-2-6(12)4-7(13)3-5/h2-4H,17H2,1H3. The number of alkyl halides is 3. The Morgan fingerprint density at radius 1 is 1.11 bits per heavy atom. The van der Waals surface area contributed by atoms with Crippen molar-refractivity contribution in [1.29, 1.82) is 0 Å². The Bertz CT molecular complexity index is 610. The highest BCUT2D eigenvalue weighted by atomic mass is 19.4. The molecule has 0 spiro atoms. The molecule has 0 aliphatic carbocycles. The van der Waals surface area contributed by atoms with E-state index in [1.54, 1.807) is 0 Å². The largest absolute Gasteiger partial charge is 0.435 e. The van der Waals surface area contributed by atoms with E-state index >= 15 is 0 Å². The first-order valence-corrected chi connectivity index (χ1v) is 5.06. The van der Waals surface area contributed by atoms with Crippen LogP contribution in [0.4, 0.5) is 27.8 Å². The first kappa shape index (κ1) is 13.3. The van der Waals surface area contributed by atoms with E-state index in [0.29, 0.717) is 6.07 Å². The second-order valence-electron chi connectivity index (χ2n) is 3.89. The van der Waals surface area contributed by atoms with E-state index in [1.807, 2.05) is 0 Å². The van der Waals surface area contributed by atoms with Crippen LogP contribution in [0.25, 0.3) is 11.1 Å². The van der Waals surface area contributed by atoms with E-state index in [1.165, 1.54) is 7.05 Å². The molecule has 1 aromatic heterocycles. The molecule has 0 bridgehead atoms. The molecule has 102 valence electrons. The number of rotatable bonds is 1. The molecule has 2 rings (SSSR count). The number of aryl methyl sites for hydroxylation is 1. The van der Waals surface area contributed by atoms with Crippen LogP contribution in [-0.2, 0) is 13.2 Å². The summed E-state index contributed by atoms with van der Waals surface area (Å²) in [6.45, 7) is 0. The monoisotopic (exact) mass is 277 g/mol. The SMILES string of the molecule is Cn1nc(C(F)(F)F)c(-c2cc(F)cc(F)c2)c1N. The second kappa shape index (κ2) is 4.22. The lowest BCUT2D eigenvalue weighted by atomic mass is 10.0. The molecule has 0 saturated heterocycles. The molecule has 0 aliphatic rings. The van der Waals surface area contributed by atoms with Crippen molar-refractivity contribution in [2.24, 2.45) is 7.05 Å². The number of nitrogens with two attached hydrogens (primary N) is 1. The van der Waals surface area contributed by atoms with Crippen LogP contribution in [-0.4, -0.2) is 9.78 Å². The van der Waals surface area contributed by atoms with Crippen molar-refractivity contribution in [2.45, 2.75) is 6.18 Å². The van der Waals surface area contributed by atoms with Gasteiger partial charge in [0.05, 0.1) is 5.56 Å². The molecule has 1 aromatic carbocycles. The zero-order chi connectivity index (χ0) is 14.4. The third-order valence-corrected chi connectivity index (χ3v) is 2.51. The van der Waals surface area contributed by atoms with Gasteiger partial charge in [-0.3, -0.25) is 4.68 Å². The van der Waals surface area contributed by atoms with Crippen molar-refractivity contribution in [3.8, 4) is 11.1 Å². The fourth-order valence-corrected chi connectivity index (χ4v) is 1.72. The highest BCUT2D eigenvalue weighted by Crippen LogP contribution is 2.39. The lowest BCUT2D eigenvalue weighted by Crippen LogP contribution is -2.08. The minimum absolute atomic E-state index is 0.310. The van der Waals surface area contributed by atoms with Gasteiger partial charge in [0.15, 0.2) is 5.69 Å². The van der Waals surface area contributed by atoms with Gasteiger partial charge < -0.3 is 5.73 Å². The van der Waals surface area contributed by atoms with Gasteiger partial charge in [0.2, 0.25) is 0 Å². The molecule has 0 amide bonds. The summed E-state index contributed by atoms with van der Waals surface area (Å²) in [4.78, 5) is 0. The lowest BCUT2D eigenvalue weighted by Gasteiger charge is -2.07. The van der Waals surface area contributed by atoms with Crippen molar-refractivity contribution in [2.75, 3.05) is 5.73 Å². The van der Waals surface area contributed by atoms with Gasteiger partial charge in [-0.2, -0.15) is 18.3 Å². The Morgan fingerprint density at radius 2 is 1.63 bits per heavy atom. The van der Waals surface area contributed by atoms with Crippen molar-refractivity contribution < 1.29 is 22.0 Å². The number of aromatic nitrogens is 2. The molecule has 0 atom stereocenters. The number of hydrogen-bond donors (Lipinski definition) is 1. The van der Waals surface area contributed by atoms with Crippen molar-refractivity contribution in [3.63, 3.8) is 0 Å². The Balaban J connectivity index is 2.74. The summed E-state index contributed by atoms with van der Waals surface area (Å²) in [5, 5.41) is 3.24. The maximum Gasteiger partial charge on any atom is 0.435 e. The molecule has 8 heteroatoms. The molecule has 3 nitrogen and oxygen atoms in total. The molecule has 2 N–H and O–H groups in total. The number of benzene rings is 1. The van der Waals surface area contributed by atoms with Crippen molar-refractivity contribution in [1.82, 2.24) is 9.78 Å². The predicted molar refractivity (Wildman–Crippen MR) is 58.0 cm³/mol.